The molecular weight excluding hydrogens is 238 g/mol. The highest BCUT2D eigenvalue weighted by atomic mass is 32.1. The summed E-state index contributed by atoms with van der Waals surface area (Å²) < 4.78 is 5.31. The molecule has 0 saturated carbocycles. The molecule has 1 aliphatic rings. The maximum Gasteiger partial charge on any atom is 0.254 e. The summed E-state index contributed by atoms with van der Waals surface area (Å²) in [6.07, 6.45) is -0.271. The normalized spacial score (nSPS) is 20.4. The fraction of sp³-hybridized carbons (Fsp3) is 0.417. The van der Waals surface area contributed by atoms with Gasteiger partial charge in [0.25, 0.3) is 5.91 Å². The van der Waals surface area contributed by atoms with E-state index >= 15 is 0 Å². The molecule has 1 unspecified atom stereocenters. The molecule has 1 N–H and O–H groups in total. The van der Waals surface area contributed by atoms with Gasteiger partial charge in [-0.2, -0.15) is 0 Å². The number of hydrogen-bond acceptors (Lipinski definition) is 4. The Labute approximate surface area is 106 Å². The van der Waals surface area contributed by atoms with Crippen LogP contribution in [0.4, 0.5) is 0 Å². The number of aliphatic hydroxyl groups excluding tert-OH is 1. The van der Waals surface area contributed by atoms with Gasteiger partial charge in [-0.3, -0.25) is 4.79 Å². The quantitative estimate of drug-likeness (QED) is 0.767. The van der Waals surface area contributed by atoms with Crippen molar-refractivity contribution in [3.8, 4) is 0 Å². The summed E-state index contributed by atoms with van der Waals surface area (Å²) in [5.74, 6) is -0.0392. The Morgan fingerprint density at radius 1 is 1.59 bits per heavy atom. The van der Waals surface area contributed by atoms with Crippen LogP contribution in [-0.4, -0.2) is 48.3 Å². The van der Waals surface area contributed by atoms with Gasteiger partial charge in [0.2, 0.25) is 0 Å². The summed E-state index contributed by atoms with van der Waals surface area (Å²) in [4.78, 5) is 14.6. The van der Waals surface area contributed by atoms with Crippen molar-refractivity contribution in [2.45, 2.75) is 11.0 Å². The van der Waals surface area contributed by atoms with Gasteiger partial charge in [-0.1, -0.05) is 6.07 Å². The van der Waals surface area contributed by atoms with Gasteiger partial charge in [0, 0.05) is 23.5 Å². The maximum absolute atomic E-state index is 12.2. The average Bonchev–Trinajstić information content (AvgIpc) is 2.38. The Morgan fingerprint density at radius 3 is 3.12 bits per heavy atom. The number of carbonyl (C=O) groups excluding carboxylic acids is 1. The largest absolute Gasteiger partial charge is 0.394 e. The van der Waals surface area contributed by atoms with E-state index in [1.54, 1.807) is 23.1 Å². The Bertz CT molecular complexity index is 410. The van der Waals surface area contributed by atoms with E-state index in [9.17, 15) is 4.79 Å². The lowest BCUT2D eigenvalue weighted by molar-refractivity contribution is -0.0447. The molecule has 1 amide bonds. The predicted molar refractivity (Wildman–Crippen MR) is 66.4 cm³/mol. The number of amides is 1. The molecule has 0 aromatic heterocycles. The SMILES string of the molecule is O=C(c1cccc(S)c1)N1CCOC(CO)C1. The molecule has 0 radical (unpaired) electrons. The lowest BCUT2D eigenvalue weighted by Crippen LogP contribution is -2.46. The zero-order valence-corrected chi connectivity index (χ0v) is 10.3. The van der Waals surface area contributed by atoms with Gasteiger partial charge in [0.1, 0.15) is 0 Å². The number of nitrogens with zero attached hydrogens (tertiary/aromatic N) is 1. The molecule has 1 aromatic carbocycles. The van der Waals surface area contributed by atoms with E-state index in [1.807, 2.05) is 6.07 Å². The molecule has 0 bridgehead atoms. The number of ether oxygens (including phenoxy) is 1. The van der Waals surface area contributed by atoms with E-state index in [-0.39, 0.29) is 18.6 Å². The first-order valence-electron chi connectivity index (χ1n) is 5.51. The van der Waals surface area contributed by atoms with E-state index in [0.717, 1.165) is 4.90 Å². The first kappa shape index (κ1) is 12.4. The van der Waals surface area contributed by atoms with E-state index in [0.29, 0.717) is 25.3 Å². The molecule has 17 heavy (non-hydrogen) atoms. The zero-order chi connectivity index (χ0) is 12.3. The van der Waals surface area contributed by atoms with Gasteiger partial charge in [-0.25, -0.2) is 0 Å². The van der Waals surface area contributed by atoms with Crippen molar-refractivity contribution in [3.05, 3.63) is 29.8 Å². The van der Waals surface area contributed by atoms with Gasteiger partial charge >= 0.3 is 0 Å². The molecule has 1 saturated heterocycles. The number of rotatable bonds is 2. The van der Waals surface area contributed by atoms with Crippen molar-refractivity contribution in [3.63, 3.8) is 0 Å². The van der Waals surface area contributed by atoms with Gasteiger partial charge in [0.15, 0.2) is 0 Å². The van der Waals surface area contributed by atoms with E-state index < -0.39 is 0 Å². The van der Waals surface area contributed by atoms with Crippen LogP contribution in [0.1, 0.15) is 10.4 Å². The standard InChI is InChI=1S/C12H15NO3S/c14-8-10-7-13(4-5-16-10)12(15)9-2-1-3-11(17)6-9/h1-3,6,10,14,17H,4-5,7-8H2. The van der Waals surface area contributed by atoms with Gasteiger partial charge in [0.05, 0.1) is 19.3 Å². The second-order valence-electron chi connectivity index (χ2n) is 3.98. The Kier molecular flexibility index (Phi) is 4.04. The minimum absolute atomic E-state index is 0.0392. The first-order chi connectivity index (χ1) is 8.20. The minimum Gasteiger partial charge on any atom is -0.394 e. The number of carbonyl (C=O) groups is 1. The van der Waals surface area contributed by atoms with Crippen LogP contribution in [0.2, 0.25) is 0 Å². The molecular formula is C12H15NO3S. The molecule has 1 heterocycles. The summed E-state index contributed by atoms with van der Waals surface area (Å²) >= 11 is 4.21. The molecule has 1 fully saturated rings. The lowest BCUT2D eigenvalue weighted by atomic mass is 10.1. The third-order valence-electron chi connectivity index (χ3n) is 2.72. The second kappa shape index (κ2) is 5.53. The van der Waals surface area contributed by atoms with Gasteiger partial charge in [-0.15, -0.1) is 12.6 Å². The van der Waals surface area contributed by atoms with Crippen LogP contribution >= 0.6 is 12.6 Å². The molecule has 1 aliphatic heterocycles. The maximum atomic E-state index is 12.2. The van der Waals surface area contributed by atoms with Crippen molar-refractivity contribution in [2.24, 2.45) is 0 Å². The van der Waals surface area contributed by atoms with E-state index in [4.69, 9.17) is 9.84 Å². The fourth-order valence-corrected chi connectivity index (χ4v) is 2.06. The highest BCUT2D eigenvalue weighted by Crippen LogP contribution is 2.13. The summed E-state index contributed by atoms with van der Waals surface area (Å²) in [5, 5.41) is 9.03. The summed E-state index contributed by atoms with van der Waals surface area (Å²) in [7, 11) is 0. The van der Waals surface area contributed by atoms with Gasteiger partial charge < -0.3 is 14.7 Å². The molecule has 0 aliphatic carbocycles. The van der Waals surface area contributed by atoms with Crippen LogP contribution in [-0.2, 0) is 4.74 Å². The number of morpholine rings is 1. The highest BCUT2D eigenvalue weighted by Gasteiger charge is 2.24. The van der Waals surface area contributed by atoms with Crippen molar-refractivity contribution >= 4 is 18.5 Å². The highest BCUT2D eigenvalue weighted by molar-refractivity contribution is 7.80. The van der Waals surface area contributed by atoms with Crippen molar-refractivity contribution < 1.29 is 14.6 Å². The van der Waals surface area contributed by atoms with E-state index in [1.165, 1.54) is 0 Å². The van der Waals surface area contributed by atoms with Crippen LogP contribution in [0.5, 0.6) is 0 Å². The number of aliphatic hydroxyl groups is 1. The Morgan fingerprint density at radius 2 is 2.41 bits per heavy atom. The Balaban J connectivity index is 2.09. The van der Waals surface area contributed by atoms with Crippen LogP contribution in [0, 0.1) is 0 Å². The molecule has 2 rings (SSSR count). The van der Waals surface area contributed by atoms with Crippen molar-refractivity contribution in [2.75, 3.05) is 26.3 Å². The monoisotopic (exact) mass is 253 g/mol. The molecule has 92 valence electrons. The van der Waals surface area contributed by atoms with Gasteiger partial charge in [-0.05, 0) is 18.2 Å². The zero-order valence-electron chi connectivity index (χ0n) is 9.37. The van der Waals surface area contributed by atoms with E-state index in [2.05, 4.69) is 12.6 Å². The first-order valence-corrected chi connectivity index (χ1v) is 5.96. The molecule has 4 nitrogen and oxygen atoms in total. The van der Waals surface area contributed by atoms with Crippen LogP contribution in [0.25, 0.3) is 0 Å². The second-order valence-corrected chi connectivity index (χ2v) is 4.49. The average molecular weight is 253 g/mol. The fourth-order valence-electron chi connectivity index (χ4n) is 1.84. The topological polar surface area (TPSA) is 49.8 Å². The predicted octanol–water partition coefficient (Wildman–Crippen LogP) is 0.809. The van der Waals surface area contributed by atoms with Crippen molar-refractivity contribution in [1.29, 1.82) is 0 Å². The third-order valence-corrected chi connectivity index (χ3v) is 3.00. The number of hydrogen-bond donors (Lipinski definition) is 2. The lowest BCUT2D eigenvalue weighted by Gasteiger charge is -2.32. The Hall–Kier alpha value is -1.04. The van der Waals surface area contributed by atoms with Crippen LogP contribution < -0.4 is 0 Å². The minimum atomic E-state index is -0.271. The summed E-state index contributed by atoms with van der Waals surface area (Å²) in [5.41, 5.74) is 0.621. The molecule has 1 aromatic rings. The molecule has 0 spiro atoms. The third kappa shape index (κ3) is 3.00. The van der Waals surface area contributed by atoms with Crippen LogP contribution in [0.15, 0.2) is 29.2 Å². The summed E-state index contributed by atoms with van der Waals surface area (Å²) in [6, 6.07) is 7.15. The number of benzene rings is 1. The smallest absolute Gasteiger partial charge is 0.254 e. The number of thiol groups is 1. The van der Waals surface area contributed by atoms with Crippen LogP contribution in [0.3, 0.4) is 0 Å². The summed E-state index contributed by atoms with van der Waals surface area (Å²) in [6.45, 7) is 1.41. The molecule has 1 atom stereocenters. The van der Waals surface area contributed by atoms with Crippen molar-refractivity contribution in [1.82, 2.24) is 4.90 Å². The molecule has 5 heteroatoms.